The van der Waals surface area contributed by atoms with Crippen molar-refractivity contribution >= 4 is 10.1 Å². The van der Waals surface area contributed by atoms with Crippen LogP contribution >= 0.6 is 0 Å². The summed E-state index contributed by atoms with van der Waals surface area (Å²) in [6.45, 7) is 0.806. The Balaban J connectivity index is 1.70. The van der Waals surface area contributed by atoms with Gasteiger partial charge < -0.3 is 4.74 Å². The molecule has 2 rings (SSSR count). The molecule has 23 heavy (non-hydrogen) atoms. The number of ether oxygens (including phenoxy) is 1. The molecule has 0 aliphatic carbocycles. The molecule has 2 aromatic rings. The van der Waals surface area contributed by atoms with E-state index in [1.807, 2.05) is 54.6 Å². The summed E-state index contributed by atoms with van der Waals surface area (Å²) in [5.74, 6) is 0.845. The van der Waals surface area contributed by atoms with Crippen LogP contribution in [0.1, 0.15) is 24.0 Å². The minimum atomic E-state index is -3.32. The lowest BCUT2D eigenvalue weighted by Crippen LogP contribution is -2.04. The highest BCUT2D eigenvalue weighted by Gasteiger charge is 2.01. The number of aryl methyl sites for hydroxylation is 1. The van der Waals surface area contributed by atoms with E-state index in [2.05, 4.69) is 0 Å². The van der Waals surface area contributed by atoms with Crippen molar-refractivity contribution in [2.75, 3.05) is 12.9 Å². The Morgan fingerprint density at radius 1 is 0.870 bits per heavy atom. The van der Waals surface area contributed by atoms with Crippen molar-refractivity contribution in [1.82, 2.24) is 0 Å². The van der Waals surface area contributed by atoms with Crippen molar-refractivity contribution in [3.05, 3.63) is 65.7 Å². The van der Waals surface area contributed by atoms with Crippen LogP contribution in [0.5, 0.6) is 5.75 Å². The van der Waals surface area contributed by atoms with Gasteiger partial charge in [0, 0.05) is 0 Å². The molecular weight excluding hydrogens is 312 g/mol. The molecule has 0 atom stereocenters. The quantitative estimate of drug-likeness (QED) is 0.520. The molecule has 0 saturated heterocycles. The topological polar surface area (TPSA) is 52.6 Å². The minimum absolute atomic E-state index is 0.247. The Bertz CT molecular complexity index is 679. The van der Waals surface area contributed by atoms with Crippen LogP contribution in [-0.2, 0) is 27.3 Å². The average Bonchev–Trinajstić information content (AvgIpc) is 2.54. The van der Waals surface area contributed by atoms with Crippen LogP contribution in [0.2, 0.25) is 0 Å². The second-order valence-electron chi connectivity index (χ2n) is 5.40. The third-order valence-electron chi connectivity index (χ3n) is 3.33. The molecule has 0 amide bonds. The van der Waals surface area contributed by atoms with Gasteiger partial charge in [0.25, 0.3) is 10.1 Å². The normalized spacial score (nSPS) is 11.3. The predicted octanol–water partition coefficient (Wildman–Crippen LogP) is 3.56. The van der Waals surface area contributed by atoms with Crippen molar-refractivity contribution in [3.63, 3.8) is 0 Å². The van der Waals surface area contributed by atoms with Crippen LogP contribution in [0.4, 0.5) is 0 Å². The zero-order chi connectivity index (χ0) is 16.5. The average molecular weight is 334 g/mol. The van der Waals surface area contributed by atoms with Crippen molar-refractivity contribution < 1.29 is 17.3 Å². The van der Waals surface area contributed by atoms with Crippen LogP contribution in [0.25, 0.3) is 0 Å². The molecule has 0 fully saturated rings. The molecule has 0 aromatic heterocycles. The Hall–Kier alpha value is -1.85. The molecule has 0 unspecified atom stereocenters. The highest BCUT2D eigenvalue weighted by molar-refractivity contribution is 7.85. The Kier molecular flexibility index (Phi) is 6.62. The molecule has 4 nitrogen and oxygen atoms in total. The highest BCUT2D eigenvalue weighted by atomic mass is 32.2. The first-order valence-electron chi connectivity index (χ1n) is 7.63. The van der Waals surface area contributed by atoms with Gasteiger partial charge in [-0.1, -0.05) is 42.5 Å². The fraction of sp³-hybridized carbons (Fsp3) is 0.333. The van der Waals surface area contributed by atoms with Gasteiger partial charge in [0.05, 0.1) is 12.9 Å². The zero-order valence-corrected chi connectivity index (χ0v) is 14.1. The first-order valence-corrected chi connectivity index (χ1v) is 9.45. The third kappa shape index (κ3) is 7.30. The Labute approximate surface area is 138 Å². The number of benzene rings is 2. The summed E-state index contributed by atoms with van der Waals surface area (Å²) in [6.07, 6.45) is 3.58. The van der Waals surface area contributed by atoms with Gasteiger partial charge in [0.2, 0.25) is 0 Å². The summed E-state index contributed by atoms with van der Waals surface area (Å²) < 4.78 is 32.1. The van der Waals surface area contributed by atoms with Crippen LogP contribution < -0.4 is 4.74 Å². The first-order chi connectivity index (χ1) is 11.0. The number of hydrogen-bond donors (Lipinski definition) is 0. The van der Waals surface area contributed by atoms with Crippen molar-refractivity contribution in [3.8, 4) is 5.75 Å². The maximum absolute atomic E-state index is 10.8. The lowest BCUT2D eigenvalue weighted by Gasteiger charge is -2.07. The fourth-order valence-electron chi connectivity index (χ4n) is 2.13. The maximum atomic E-state index is 10.8. The van der Waals surface area contributed by atoms with E-state index in [4.69, 9.17) is 8.92 Å². The Morgan fingerprint density at radius 2 is 1.57 bits per heavy atom. The summed E-state index contributed by atoms with van der Waals surface area (Å²) in [6, 6.07) is 18.1. The van der Waals surface area contributed by atoms with Crippen LogP contribution in [0.15, 0.2) is 54.6 Å². The second kappa shape index (κ2) is 8.70. The molecule has 0 aliphatic heterocycles. The van der Waals surface area contributed by atoms with Gasteiger partial charge in [0.1, 0.15) is 12.4 Å². The van der Waals surface area contributed by atoms with Gasteiger partial charge in [-0.15, -0.1) is 0 Å². The van der Waals surface area contributed by atoms with Crippen molar-refractivity contribution in [1.29, 1.82) is 0 Å². The molecule has 5 heteroatoms. The monoisotopic (exact) mass is 334 g/mol. The molecule has 0 radical (unpaired) electrons. The molecule has 0 heterocycles. The minimum Gasteiger partial charge on any atom is -0.489 e. The fourth-order valence-corrected chi connectivity index (χ4v) is 2.56. The summed E-state index contributed by atoms with van der Waals surface area (Å²) >= 11 is 0. The van der Waals surface area contributed by atoms with Gasteiger partial charge in [0.15, 0.2) is 0 Å². The third-order valence-corrected chi connectivity index (χ3v) is 3.92. The summed E-state index contributed by atoms with van der Waals surface area (Å²) in [7, 11) is -3.32. The van der Waals surface area contributed by atoms with Crippen molar-refractivity contribution in [2.24, 2.45) is 0 Å². The van der Waals surface area contributed by atoms with E-state index in [-0.39, 0.29) is 6.61 Å². The van der Waals surface area contributed by atoms with Gasteiger partial charge in [-0.25, -0.2) is 0 Å². The van der Waals surface area contributed by atoms with E-state index in [0.29, 0.717) is 6.61 Å². The molecular formula is C18H22O4S. The van der Waals surface area contributed by atoms with Gasteiger partial charge in [-0.2, -0.15) is 8.42 Å². The summed E-state index contributed by atoms with van der Waals surface area (Å²) in [5.41, 5.74) is 2.35. The van der Waals surface area contributed by atoms with E-state index < -0.39 is 10.1 Å². The molecule has 0 N–H and O–H groups in total. The molecule has 0 saturated carbocycles. The van der Waals surface area contributed by atoms with Crippen LogP contribution in [-0.4, -0.2) is 21.3 Å². The van der Waals surface area contributed by atoms with E-state index in [0.717, 1.165) is 36.8 Å². The standard InChI is InChI=1S/C18H22O4S/c1-23(19,20)22-14-6-5-7-16-10-12-18(13-11-16)21-15-17-8-3-2-4-9-17/h2-4,8-13H,5-7,14-15H2,1H3. The van der Waals surface area contributed by atoms with Gasteiger partial charge in [-0.05, 0) is 42.5 Å². The smallest absolute Gasteiger partial charge is 0.264 e. The molecule has 124 valence electrons. The van der Waals surface area contributed by atoms with E-state index in [9.17, 15) is 8.42 Å². The van der Waals surface area contributed by atoms with Gasteiger partial charge >= 0.3 is 0 Å². The van der Waals surface area contributed by atoms with E-state index in [1.165, 1.54) is 5.56 Å². The van der Waals surface area contributed by atoms with Crippen molar-refractivity contribution in [2.45, 2.75) is 25.9 Å². The predicted molar refractivity (Wildman–Crippen MR) is 90.9 cm³/mol. The molecule has 0 bridgehead atoms. The van der Waals surface area contributed by atoms with Crippen LogP contribution in [0.3, 0.4) is 0 Å². The van der Waals surface area contributed by atoms with E-state index >= 15 is 0 Å². The largest absolute Gasteiger partial charge is 0.489 e. The van der Waals surface area contributed by atoms with Crippen LogP contribution in [0, 0.1) is 0 Å². The van der Waals surface area contributed by atoms with Gasteiger partial charge in [-0.3, -0.25) is 4.18 Å². The highest BCUT2D eigenvalue weighted by Crippen LogP contribution is 2.15. The maximum Gasteiger partial charge on any atom is 0.264 e. The lowest BCUT2D eigenvalue weighted by atomic mass is 10.1. The summed E-state index contributed by atoms with van der Waals surface area (Å²) in [4.78, 5) is 0. The molecule has 0 aliphatic rings. The van der Waals surface area contributed by atoms with E-state index in [1.54, 1.807) is 0 Å². The molecule has 0 spiro atoms. The number of hydrogen-bond acceptors (Lipinski definition) is 4. The SMILES string of the molecule is CS(=O)(=O)OCCCCc1ccc(OCc2ccccc2)cc1. The lowest BCUT2D eigenvalue weighted by molar-refractivity contribution is 0.306. The zero-order valence-electron chi connectivity index (χ0n) is 13.3. The summed E-state index contributed by atoms with van der Waals surface area (Å²) in [5, 5.41) is 0. The Morgan fingerprint density at radius 3 is 2.22 bits per heavy atom. The molecule has 2 aromatic carbocycles. The first kappa shape index (κ1) is 17.5. The second-order valence-corrected chi connectivity index (χ2v) is 7.05. The number of unbranched alkanes of at least 4 members (excludes halogenated alkanes) is 1. The number of rotatable bonds is 9.